The van der Waals surface area contributed by atoms with Crippen LogP contribution < -0.4 is 9.64 Å². The zero-order valence-electron chi connectivity index (χ0n) is 12.7. The van der Waals surface area contributed by atoms with Crippen molar-refractivity contribution in [3.63, 3.8) is 0 Å². The fraction of sp³-hybridized carbons (Fsp3) is 0.643. The first kappa shape index (κ1) is 15.5. The molecule has 2 rings (SSSR count). The van der Waals surface area contributed by atoms with E-state index in [1.54, 1.807) is 33.5 Å². The molecule has 0 radical (unpaired) electrons. The van der Waals surface area contributed by atoms with Crippen LogP contribution in [0.4, 0.5) is 5.95 Å². The second-order valence-electron chi connectivity index (χ2n) is 5.61. The van der Waals surface area contributed by atoms with E-state index in [9.17, 15) is 9.90 Å². The van der Waals surface area contributed by atoms with Crippen LogP contribution in [0.5, 0.6) is 5.88 Å². The van der Waals surface area contributed by atoms with Crippen LogP contribution in [-0.4, -0.2) is 65.8 Å². The Morgan fingerprint density at radius 1 is 1.57 bits per heavy atom. The molecule has 1 unspecified atom stereocenters. The lowest BCUT2D eigenvalue weighted by Gasteiger charge is -2.39. The van der Waals surface area contributed by atoms with E-state index in [4.69, 9.17) is 4.74 Å². The molecule has 1 aromatic heterocycles. The highest BCUT2D eigenvalue weighted by Gasteiger charge is 2.36. The molecule has 1 aliphatic heterocycles. The lowest BCUT2D eigenvalue weighted by atomic mass is 9.89. The Morgan fingerprint density at radius 2 is 2.33 bits per heavy atom. The quantitative estimate of drug-likeness (QED) is 0.860. The second kappa shape index (κ2) is 6.26. The molecule has 1 aromatic rings. The summed E-state index contributed by atoms with van der Waals surface area (Å²) in [5.74, 6) is 0.925. The zero-order valence-corrected chi connectivity index (χ0v) is 12.7. The Kier molecular flexibility index (Phi) is 4.62. The van der Waals surface area contributed by atoms with E-state index in [0.717, 1.165) is 13.0 Å². The van der Waals surface area contributed by atoms with Gasteiger partial charge in [0.05, 0.1) is 25.7 Å². The summed E-state index contributed by atoms with van der Waals surface area (Å²) < 4.78 is 5.09. The monoisotopic (exact) mass is 294 g/mol. The van der Waals surface area contributed by atoms with Gasteiger partial charge in [-0.25, -0.2) is 4.98 Å². The van der Waals surface area contributed by atoms with Gasteiger partial charge in [-0.3, -0.25) is 4.79 Å². The van der Waals surface area contributed by atoms with Gasteiger partial charge in [0.25, 0.3) is 0 Å². The van der Waals surface area contributed by atoms with Crippen molar-refractivity contribution < 1.29 is 14.6 Å². The van der Waals surface area contributed by atoms with Gasteiger partial charge in [0, 0.05) is 32.9 Å². The van der Waals surface area contributed by atoms with Crippen LogP contribution in [0.3, 0.4) is 0 Å². The summed E-state index contributed by atoms with van der Waals surface area (Å²) in [6.07, 6.45) is 3.13. The van der Waals surface area contributed by atoms with Crippen molar-refractivity contribution in [2.45, 2.75) is 24.9 Å². The minimum Gasteiger partial charge on any atom is -0.481 e. The van der Waals surface area contributed by atoms with E-state index in [0.29, 0.717) is 24.8 Å². The molecule has 2 heterocycles. The molecule has 1 atom stereocenters. The summed E-state index contributed by atoms with van der Waals surface area (Å²) in [5.41, 5.74) is -1.04. The van der Waals surface area contributed by atoms with Crippen LogP contribution in [0.1, 0.15) is 19.3 Å². The first-order valence-electron chi connectivity index (χ1n) is 6.98. The van der Waals surface area contributed by atoms with E-state index in [1.165, 1.54) is 4.90 Å². The third-order valence-corrected chi connectivity index (χ3v) is 3.64. The summed E-state index contributed by atoms with van der Waals surface area (Å²) >= 11 is 0. The topological polar surface area (TPSA) is 78.8 Å². The number of amides is 1. The van der Waals surface area contributed by atoms with Crippen LogP contribution in [-0.2, 0) is 4.79 Å². The van der Waals surface area contributed by atoms with E-state index in [1.807, 2.05) is 4.90 Å². The molecule has 0 saturated carbocycles. The Balaban J connectivity index is 2.10. The zero-order chi connectivity index (χ0) is 15.5. The Bertz CT molecular complexity index is 509. The van der Waals surface area contributed by atoms with Gasteiger partial charge in [-0.15, -0.1) is 0 Å². The van der Waals surface area contributed by atoms with Gasteiger partial charge in [0.2, 0.25) is 17.7 Å². The average Bonchev–Trinajstić information content (AvgIpc) is 2.46. The van der Waals surface area contributed by atoms with E-state index in [-0.39, 0.29) is 12.3 Å². The van der Waals surface area contributed by atoms with Crippen molar-refractivity contribution >= 4 is 11.9 Å². The molecule has 7 nitrogen and oxygen atoms in total. The summed E-state index contributed by atoms with van der Waals surface area (Å²) in [5, 5.41) is 10.7. The lowest BCUT2D eigenvalue weighted by Crippen LogP contribution is -2.51. The number of piperidine rings is 1. The molecule has 116 valence electrons. The highest BCUT2D eigenvalue weighted by Crippen LogP contribution is 2.27. The maximum Gasteiger partial charge on any atom is 0.228 e. The van der Waals surface area contributed by atoms with Gasteiger partial charge in [-0.2, -0.15) is 4.98 Å². The Labute approximate surface area is 124 Å². The molecule has 0 aliphatic carbocycles. The van der Waals surface area contributed by atoms with Crippen LogP contribution in [0, 0.1) is 0 Å². The number of aromatic nitrogens is 2. The van der Waals surface area contributed by atoms with Gasteiger partial charge in [-0.05, 0) is 12.8 Å². The number of ether oxygens (including phenoxy) is 1. The largest absolute Gasteiger partial charge is 0.481 e. The number of β-amino-alcohol motifs (C(OH)–C–C–N with tert-alkyl or cyclic N) is 1. The molecular formula is C14H22N4O3. The van der Waals surface area contributed by atoms with Gasteiger partial charge in [0.1, 0.15) is 0 Å². The highest BCUT2D eigenvalue weighted by molar-refractivity contribution is 5.76. The minimum absolute atomic E-state index is 0.0779. The van der Waals surface area contributed by atoms with Gasteiger partial charge in [0.15, 0.2) is 0 Å². The Morgan fingerprint density at radius 3 is 3.00 bits per heavy atom. The number of methoxy groups -OCH3 is 1. The fourth-order valence-corrected chi connectivity index (χ4v) is 2.47. The molecule has 1 aliphatic rings. The molecule has 1 fully saturated rings. The smallest absolute Gasteiger partial charge is 0.228 e. The Hall–Kier alpha value is -1.89. The molecule has 0 spiro atoms. The highest BCUT2D eigenvalue weighted by atomic mass is 16.5. The lowest BCUT2D eigenvalue weighted by molar-refractivity contribution is -0.134. The van der Waals surface area contributed by atoms with Crippen LogP contribution in [0.15, 0.2) is 12.3 Å². The molecule has 1 saturated heterocycles. The van der Waals surface area contributed by atoms with Crippen LogP contribution in [0.25, 0.3) is 0 Å². The maximum atomic E-state index is 11.9. The van der Waals surface area contributed by atoms with E-state index >= 15 is 0 Å². The number of nitrogens with zero attached hydrogens (tertiary/aromatic N) is 4. The van der Waals surface area contributed by atoms with Crippen molar-refractivity contribution in [1.82, 2.24) is 14.9 Å². The number of hydrogen-bond donors (Lipinski definition) is 1. The molecular weight excluding hydrogens is 272 g/mol. The van der Waals surface area contributed by atoms with Crippen molar-refractivity contribution in [2.75, 3.05) is 39.2 Å². The second-order valence-corrected chi connectivity index (χ2v) is 5.61. The maximum absolute atomic E-state index is 11.9. The number of hydrogen-bond acceptors (Lipinski definition) is 6. The SMILES string of the molecule is COc1ccnc(N2CCCC(O)(CC(=O)N(C)C)C2)n1. The normalized spacial score (nSPS) is 22.0. The summed E-state index contributed by atoms with van der Waals surface area (Å²) in [4.78, 5) is 23.8. The molecule has 0 aromatic carbocycles. The summed E-state index contributed by atoms with van der Waals surface area (Å²) in [6, 6.07) is 1.68. The number of carbonyl (C=O) groups is 1. The standard InChI is InChI=1S/C14H22N4O3/c1-17(2)12(19)9-14(20)6-4-8-18(10-14)13-15-7-5-11(16-13)21-3/h5,7,20H,4,6,8-10H2,1-3H3. The van der Waals surface area contributed by atoms with Gasteiger partial charge < -0.3 is 19.6 Å². The van der Waals surface area contributed by atoms with Crippen LogP contribution in [0.2, 0.25) is 0 Å². The third kappa shape index (κ3) is 3.81. The summed E-state index contributed by atoms with van der Waals surface area (Å²) in [7, 11) is 4.93. The molecule has 0 bridgehead atoms. The number of rotatable bonds is 4. The van der Waals surface area contributed by atoms with Crippen molar-refractivity contribution in [1.29, 1.82) is 0 Å². The van der Waals surface area contributed by atoms with Gasteiger partial charge in [-0.1, -0.05) is 0 Å². The number of aliphatic hydroxyl groups is 1. The fourth-order valence-electron chi connectivity index (χ4n) is 2.47. The van der Waals surface area contributed by atoms with E-state index < -0.39 is 5.60 Å². The summed E-state index contributed by atoms with van der Waals surface area (Å²) in [6.45, 7) is 1.10. The molecule has 7 heteroatoms. The predicted molar refractivity (Wildman–Crippen MR) is 78.3 cm³/mol. The first-order chi connectivity index (χ1) is 9.93. The van der Waals surface area contributed by atoms with Crippen LogP contribution >= 0.6 is 0 Å². The van der Waals surface area contributed by atoms with Gasteiger partial charge >= 0.3 is 0 Å². The predicted octanol–water partition coefficient (Wildman–Crippen LogP) is 0.295. The van der Waals surface area contributed by atoms with Crippen molar-refractivity contribution in [2.24, 2.45) is 0 Å². The first-order valence-corrected chi connectivity index (χ1v) is 6.98. The van der Waals surface area contributed by atoms with Crippen molar-refractivity contribution in [3.8, 4) is 5.88 Å². The van der Waals surface area contributed by atoms with E-state index in [2.05, 4.69) is 9.97 Å². The minimum atomic E-state index is -1.04. The average molecular weight is 294 g/mol. The molecule has 21 heavy (non-hydrogen) atoms. The molecule has 1 N–H and O–H groups in total. The van der Waals surface area contributed by atoms with Crippen molar-refractivity contribution in [3.05, 3.63) is 12.3 Å². The number of carbonyl (C=O) groups excluding carboxylic acids is 1. The molecule has 1 amide bonds. The number of anilines is 1. The third-order valence-electron chi connectivity index (χ3n) is 3.64.